The molecule has 4 aromatic rings. The van der Waals surface area contributed by atoms with E-state index in [2.05, 4.69) is 82.7 Å². The SMILES string of the molecule is Clc1cccc2c(C3CCN(CCc4ccccc4)CC3)c(-c3ccccc3)[nH]c12. The minimum absolute atomic E-state index is 0.556. The standard InChI is InChI=1S/C27H27ClN2/c28-24-13-7-12-23-25(26(29-27(23)24)22-10-5-2-6-11-22)21-15-18-30(19-16-21)17-14-20-8-3-1-4-9-20/h1-13,21,29H,14-19H2. The van der Waals surface area contributed by atoms with E-state index in [1.54, 1.807) is 0 Å². The Morgan fingerprint density at radius 2 is 1.53 bits per heavy atom. The van der Waals surface area contributed by atoms with Crippen LogP contribution < -0.4 is 0 Å². The van der Waals surface area contributed by atoms with Crippen molar-refractivity contribution in [3.63, 3.8) is 0 Å². The minimum Gasteiger partial charge on any atom is -0.353 e. The van der Waals surface area contributed by atoms with E-state index in [0.29, 0.717) is 5.92 Å². The second-order valence-corrected chi connectivity index (χ2v) is 8.70. The largest absolute Gasteiger partial charge is 0.353 e. The molecular formula is C27H27ClN2. The van der Waals surface area contributed by atoms with E-state index < -0.39 is 0 Å². The van der Waals surface area contributed by atoms with Crippen LogP contribution in [-0.2, 0) is 6.42 Å². The van der Waals surface area contributed by atoms with E-state index in [1.165, 1.54) is 40.6 Å². The molecule has 3 heteroatoms. The molecule has 0 atom stereocenters. The quantitative estimate of drug-likeness (QED) is 0.376. The number of piperidine rings is 1. The molecule has 5 rings (SSSR count). The Morgan fingerprint density at radius 1 is 0.833 bits per heavy atom. The first-order valence-electron chi connectivity index (χ1n) is 10.9. The molecule has 2 heterocycles. The highest BCUT2D eigenvalue weighted by Crippen LogP contribution is 2.41. The van der Waals surface area contributed by atoms with Crippen LogP contribution in [0.15, 0.2) is 78.9 Å². The summed E-state index contributed by atoms with van der Waals surface area (Å²) in [6, 6.07) is 27.8. The van der Waals surface area contributed by atoms with E-state index in [9.17, 15) is 0 Å². The predicted molar refractivity (Wildman–Crippen MR) is 127 cm³/mol. The first kappa shape index (κ1) is 19.4. The summed E-state index contributed by atoms with van der Waals surface area (Å²) in [5.74, 6) is 0.556. The first-order chi connectivity index (χ1) is 14.8. The highest BCUT2D eigenvalue weighted by atomic mass is 35.5. The Kier molecular flexibility index (Phi) is 5.61. The topological polar surface area (TPSA) is 19.0 Å². The van der Waals surface area contributed by atoms with Gasteiger partial charge in [-0.25, -0.2) is 0 Å². The second-order valence-electron chi connectivity index (χ2n) is 8.29. The fraction of sp³-hybridized carbons (Fsp3) is 0.259. The molecule has 1 aliphatic heterocycles. The van der Waals surface area contributed by atoms with Crippen molar-refractivity contribution in [2.24, 2.45) is 0 Å². The number of likely N-dealkylation sites (tertiary alicyclic amines) is 1. The molecule has 0 bridgehead atoms. The smallest absolute Gasteiger partial charge is 0.0651 e. The van der Waals surface area contributed by atoms with E-state index in [-0.39, 0.29) is 0 Å². The van der Waals surface area contributed by atoms with Gasteiger partial charge in [-0.1, -0.05) is 84.4 Å². The number of aromatic nitrogens is 1. The van der Waals surface area contributed by atoms with Gasteiger partial charge in [0.15, 0.2) is 0 Å². The summed E-state index contributed by atoms with van der Waals surface area (Å²) in [5, 5.41) is 2.08. The molecule has 0 unspecified atom stereocenters. The van der Waals surface area contributed by atoms with Crippen LogP contribution in [-0.4, -0.2) is 29.5 Å². The number of hydrogen-bond acceptors (Lipinski definition) is 1. The fourth-order valence-electron chi connectivity index (χ4n) is 4.84. The lowest BCUT2D eigenvalue weighted by Gasteiger charge is -2.32. The Hall–Kier alpha value is -2.55. The van der Waals surface area contributed by atoms with Crippen LogP contribution in [0.4, 0.5) is 0 Å². The molecule has 1 aromatic heterocycles. The lowest BCUT2D eigenvalue weighted by atomic mass is 9.86. The van der Waals surface area contributed by atoms with Gasteiger partial charge in [0.1, 0.15) is 0 Å². The molecule has 3 aromatic carbocycles. The number of nitrogens with zero attached hydrogens (tertiary/aromatic N) is 1. The summed E-state index contributed by atoms with van der Waals surface area (Å²) in [6.45, 7) is 3.44. The number of para-hydroxylation sites is 1. The molecule has 1 fully saturated rings. The monoisotopic (exact) mass is 414 g/mol. The summed E-state index contributed by atoms with van der Waals surface area (Å²) >= 11 is 6.55. The van der Waals surface area contributed by atoms with Gasteiger partial charge in [0.25, 0.3) is 0 Å². The maximum atomic E-state index is 6.55. The zero-order valence-electron chi connectivity index (χ0n) is 17.2. The van der Waals surface area contributed by atoms with Crippen LogP contribution in [0.3, 0.4) is 0 Å². The molecule has 0 spiro atoms. The van der Waals surface area contributed by atoms with Crippen LogP contribution >= 0.6 is 11.6 Å². The van der Waals surface area contributed by atoms with E-state index in [4.69, 9.17) is 11.6 Å². The predicted octanol–water partition coefficient (Wildman–Crippen LogP) is 6.91. The Bertz CT molecular complexity index is 1110. The third kappa shape index (κ3) is 3.90. The minimum atomic E-state index is 0.556. The van der Waals surface area contributed by atoms with Crippen molar-refractivity contribution in [2.75, 3.05) is 19.6 Å². The van der Waals surface area contributed by atoms with Gasteiger partial charge in [0, 0.05) is 11.9 Å². The van der Waals surface area contributed by atoms with Crippen LogP contribution in [0.5, 0.6) is 0 Å². The normalized spacial score (nSPS) is 15.6. The molecular weight excluding hydrogens is 388 g/mol. The van der Waals surface area contributed by atoms with Crippen molar-refractivity contribution in [1.29, 1.82) is 0 Å². The molecule has 2 nitrogen and oxygen atoms in total. The fourth-order valence-corrected chi connectivity index (χ4v) is 5.06. The molecule has 30 heavy (non-hydrogen) atoms. The van der Waals surface area contributed by atoms with Gasteiger partial charge >= 0.3 is 0 Å². The highest BCUT2D eigenvalue weighted by molar-refractivity contribution is 6.35. The van der Waals surface area contributed by atoms with Gasteiger partial charge in [0.2, 0.25) is 0 Å². The molecule has 1 N–H and O–H groups in total. The Labute approximate surface area is 183 Å². The number of hydrogen-bond donors (Lipinski definition) is 1. The van der Waals surface area contributed by atoms with Crippen molar-refractivity contribution in [1.82, 2.24) is 9.88 Å². The molecule has 0 radical (unpaired) electrons. The van der Waals surface area contributed by atoms with E-state index in [1.807, 2.05) is 6.07 Å². The average Bonchev–Trinajstić information content (AvgIpc) is 3.20. The molecule has 0 amide bonds. The third-order valence-corrected chi connectivity index (χ3v) is 6.76. The summed E-state index contributed by atoms with van der Waals surface area (Å²) in [6.07, 6.45) is 3.51. The molecule has 152 valence electrons. The van der Waals surface area contributed by atoms with Crippen molar-refractivity contribution in [3.8, 4) is 11.3 Å². The Balaban J connectivity index is 1.38. The number of benzene rings is 3. The highest BCUT2D eigenvalue weighted by Gasteiger charge is 2.26. The van der Waals surface area contributed by atoms with Crippen LogP contribution in [0.25, 0.3) is 22.2 Å². The average molecular weight is 415 g/mol. The van der Waals surface area contributed by atoms with Crippen LogP contribution in [0.2, 0.25) is 5.02 Å². The Morgan fingerprint density at radius 3 is 2.27 bits per heavy atom. The summed E-state index contributed by atoms with van der Waals surface area (Å²) in [7, 11) is 0. The van der Waals surface area contributed by atoms with Crippen molar-refractivity contribution in [3.05, 3.63) is 95.0 Å². The zero-order chi connectivity index (χ0) is 20.3. The van der Waals surface area contributed by atoms with Crippen molar-refractivity contribution < 1.29 is 0 Å². The number of nitrogens with one attached hydrogen (secondary N) is 1. The zero-order valence-corrected chi connectivity index (χ0v) is 17.9. The molecule has 1 aliphatic rings. The van der Waals surface area contributed by atoms with Gasteiger partial charge < -0.3 is 9.88 Å². The first-order valence-corrected chi connectivity index (χ1v) is 11.3. The molecule has 0 saturated carbocycles. The number of fused-ring (bicyclic) bond motifs is 1. The number of halogens is 1. The number of H-pyrrole nitrogens is 1. The maximum absolute atomic E-state index is 6.55. The van der Waals surface area contributed by atoms with E-state index in [0.717, 1.165) is 36.6 Å². The molecule has 0 aliphatic carbocycles. The van der Waals surface area contributed by atoms with Gasteiger partial charge in [-0.3, -0.25) is 0 Å². The lowest BCUT2D eigenvalue weighted by Crippen LogP contribution is -2.34. The van der Waals surface area contributed by atoms with Gasteiger partial charge in [-0.2, -0.15) is 0 Å². The van der Waals surface area contributed by atoms with Gasteiger partial charge in [-0.15, -0.1) is 0 Å². The van der Waals surface area contributed by atoms with Crippen molar-refractivity contribution >= 4 is 22.5 Å². The van der Waals surface area contributed by atoms with Crippen molar-refractivity contribution in [2.45, 2.75) is 25.2 Å². The number of aromatic amines is 1. The summed E-state index contributed by atoms with van der Waals surface area (Å²) < 4.78 is 0. The van der Waals surface area contributed by atoms with Gasteiger partial charge in [-0.05, 0) is 61.0 Å². The number of rotatable bonds is 5. The maximum Gasteiger partial charge on any atom is 0.0651 e. The van der Waals surface area contributed by atoms with Crippen LogP contribution in [0, 0.1) is 0 Å². The van der Waals surface area contributed by atoms with Gasteiger partial charge in [0.05, 0.1) is 16.2 Å². The lowest BCUT2D eigenvalue weighted by molar-refractivity contribution is 0.215. The summed E-state index contributed by atoms with van der Waals surface area (Å²) in [5.41, 5.74) is 6.42. The summed E-state index contributed by atoms with van der Waals surface area (Å²) in [4.78, 5) is 6.28. The molecule has 1 saturated heterocycles. The van der Waals surface area contributed by atoms with Crippen LogP contribution in [0.1, 0.15) is 29.9 Å². The second kappa shape index (κ2) is 8.67. The third-order valence-electron chi connectivity index (χ3n) is 6.44. The van der Waals surface area contributed by atoms with E-state index >= 15 is 0 Å².